The first-order chi connectivity index (χ1) is 12.1. The van der Waals surface area contributed by atoms with Crippen molar-refractivity contribution in [3.63, 3.8) is 0 Å². The fourth-order valence-electron chi connectivity index (χ4n) is 2.71. The summed E-state index contributed by atoms with van der Waals surface area (Å²) in [5.74, 6) is -0.319. The van der Waals surface area contributed by atoms with Crippen LogP contribution in [0, 0.1) is 6.92 Å². The summed E-state index contributed by atoms with van der Waals surface area (Å²) in [7, 11) is 0. The van der Waals surface area contributed by atoms with Crippen molar-refractivity contribution >= 4 is 33.7 Å². The normalized spacial score (nSPS) is 11.1. The number of aryl methyl sites for hydroxylation is 1. The Morgan fingerprint density at radius 1 is 1.24 bits per heavy atom. The minimum absolute atomic E-state index is 0.107. The van der Waals surface area contributed by atoms with Crippen LogP contribution in [0.4, 0.5) is 5.69 Å². The zero-order chi connectivity index (χ0) is 17.4. The van der Waals surface area contributed by atoms with E-state index in [-0.39, 0.29) is 18.0 Å². The molecule has 0 fully saturated rings. The van der Waals surface area contributed by atoms with Gasteiger partial charge in [0.15, 0.2) is 5.65 Å². The van der Waals surface area contributed by atoms with E-state index in [4.69, 9.17) is 0 Å². The highest BCUT2D eigenvalue weighted by Crippen LogP contribution is 2.17. The molecule has 0 aliphatic rings. The van der Waals surface area contributed by atoms with Crippen molar-refractivity contribution in [2.75, 3.05) is 5.32 Å². The molecule has 4 aromatic rings. The minimum atomic E-state index is -0.326. The summed E-state index contributed by atoms with van der Waals surface area (Å²) in [6.07, 6.45) is 2.76. The zero-order valence-electron chi connectivity index (χ0n) is 13.4. The van der Waals surface area contributed by atoms with E-state index < -0.39 is 0 Å². The molecule has 0 aliphatic carbocycles. The highest BCUT2D eigenvalue weighted by atomic mass is 16.2. The van der Waals surface area contributed by atoms with Crippen LogP contribution in [-0.2, 0) is 11.3 Å². The number of pyridine rings is 1. The Balaban J connectivity index is 1.63. The number of nitrogens with one attached hydrogen (secondary N) is 2. The summed E-state index contributed by atoms with van der Waals surface area (Å²) in [6, 6.07) is 8.99. The maximum absolute atomic E-state index is 12.4. The Morgan fingerprint density at radius 3 is 2.96 bits per heavy atom. The summed E-state index contributed by atoms with van der Waals surface area (Å²) < 4.78 is 1.40. The van der Waals surface area contributed by atoms with E-state index in [2.05, 4.69) is 25.5 Å². The number of carbonyl (C=O) groups is 1. The molecule has 124 valence electrons. The van der Waals surface area contributed by atoms with Gasteiger partial charge >= 0.3 is 0 Å². The van der Waals surface area contributed by atoms with E-state index in [1.165, 1.54) is 17.0 Å². The lowest BCUT2D eigenvalue weighted by atomic mass is 10.2. The van der Waals surface area contributed by atoms with Crippen molar-refractivity contribution in [2.24, 2.45) is 0 Å². The van der Waals surface area contributed by atoms with Crippen molar-refractivity contribution in [3.05, 3.63) is 58.8 Å². The first-order valence-corrected chi connectivity index (χ1v) is 7.67. The minimum Gasteiger partial charge on any atom is -0.323 e. The number of anilines is 1. The monoisotopic (exact) mass is 334 g/mol. The van der Waals surface area contributed by atoms with Gasteiger partial charge < -0.3 is 5.32 Å². The number of H-pyrrole nitrogens is 1. The van der Waals surface area contributed by atoms with Gasteiger partial charge in [0, 0.05) is 11.1 Å². The van der Waals surface area contributed by atoms with Gasteiger partial charge in [-0.3, -0.25) is 19.3 Å². The average Bonchev–Trinajstić information content (AvgIpc) is 2.98. The Labute approximate surface area is 141 Å². The fraction of sp³-hybridized carbons (Fsp3) is 0.118. The van der Waals surface area contributed by atoms with Crippen LogP contribution in [0.5, 0.6) is 0 Å². The molecule has 8 nitrogen and oxygen atoms in total. The summed E-state index contributed by atoms with van der Waals surface area (Å²) in [5, 5.41) is 10.5. The number of hydrogen-bond acceptors (Lipinski definition) is 5. The number of nitrogens with zero attached hydrogens (tertiary/aromatic N) is 4. The highest BCUT2D eigenvalue weighted by molar-refractivity contribution is 5.93. The van der Waals surface area contributed by atoms with Gasteiger partial charge in [0.2, 0.25) is 5.91 Å². The predicted molar refractivity (Wildman–Crippen MR) is 93.3 cm³/mol. The summed E-state index contributed by atoms with van der Waals surface area (Å²) in [4.78, 5) is 32.8. The zero-order valence-corrected chi connectivity index (χ0v) is 13.4. The molecule has 3 aromatic heterocycles. The third-order valence-corrected chi connectivity index (χ3v) is 3.94. The fourth-order valence-corrected chi connectivity index (χ4v) is 2.71. The lowest BCUT2D eigenvalue weighted by molar-refractivity contribution is -0.116. The van der Waals surface area contributed by atoms with Crippen LogP contribution >= 0.6 is 0 Å². The molecule has 1 aromatic carbocycles. The number of aromatic nitrogens is 5. The van der Waals surface area contributed by atoms with Gasteiger partial charge in [-0.05, 0) is 25.1 Å². The van der Waals surface area contributed by atoms with E-state index in [1.807, 2.05) is 13.0 Å². The van der Waals surface area contributed by atoms with Crippen LogP contribution in [0.25, 0.3) is 22.1 Å². The van der Waals surface area contributed by atoms with Gasteiger partial charge in [-0.1, -0.05) is 12.1 Å². The van der Waals surface area contributed by atoms with Gasteiger partial charge in [0.05, 0.1) is 29.1 Å². The lowest BCUT2D eigenvalue weighted by Crippen LogP contribution is -2.28. The van der Waals surface area contributed by atoms with Crippen LogP contribution < -0.4 is 10.9 Å². The van der Waals surface area contributed by atoms with E-state index in [0.717, 1.165) is 11.1 Å². The number of hydrogen-bond donors (Lipinski definition) is 2. The number of rotatable bonds is 3. The molecule has 0 saturated carbocycles. The molecule has 0 atom stereocenters. The maximum atomic E-state index is 12.4. The molecule has 8 heteroatoms. The molecule has 2 N–H and O–H groups in total. The largest absolute Gasteiger partial charge is 0.323 e. The summed E-state index contributed by atoms with van der Waals surface area (Å²) in [5.41, 5.74) is 2.96. The molecule has 1 amide bonds. The van der Waals surface area contributed by atoms with Crippen molar-refractivity contribution < 1.29 is 4.79 Å². The molecular formula is C17H14N6O2. The summed E-state index contributed by atoms with van der Waals surface area (Å²) in [6.45, 7) is 1.77. The molecule has 0 unspecified atom stereocenters. The van der Waals surface area contributed by atoms with Crippen LogP contribution in [-0.4, -0.2) is 30.6 Å². The Bertz CT molecular complexity index is 1160. The Morgan fingerprint density at radius 2 is 2.08 bits per heavy atom. The van der Waals surface area contributed by atoms with Gasteiger partial charge in [-0.15, -0.1) is 0 Å². The molecule has 0 saturated heterocycles. The number of benzene rings is 1. The number of aromatic amines is 1. The van der Waals surface area contributed by atoms with E-state index in [9.17, 15) is 9.59 Å². The number of amides is 1. The highest BCUT2D eigenvalue weighted by Gasteiger charge is 2.10. The Kier molecular flexibility index (Phi) is 3.50. The van der Waals surface area contributed by atoms with Crippen molar-refractivity contribution in [3.8, 4) is 0 Å². The van der Waals surface area contributed by atoms with Gasteiger partial charge in [-0.2, -0.15) is 5.10 Å². The SMILES string of the molecule is Cc1[nH]nc2ncc(NC(=O)Cn3c(=O)cnc4ccccc43)cc12. The van der Waals surface area contributed by atoms with Crippen molar-refractivity contribution in [1.82, 2.24) is 24.7 Å². The second kappa shape index (κ2) is 5.82. The van der Waals surface area contributed by atoms with Crippen LogP contribution in [0.2, 0.25) is 0 Å². The predicted octanol–water partition coefficient (Wildman–Crippen LogP) is 1.61. The molecule has 4 rings (SSSR count). The first-order valence-electron chi connectivity index (χ1n) is 7.67. The molecule has 0 bridgehead atoms. The standard InChI is InChI=1S/C17H14N6O2/c1-10-12-6-11(7-19-17(12)22-21-10)20-15(24)9-23-14-5-3-2-4-13(14)18-8-16(23)25/h2-8H,9H2,1H3,(H,20,24)(H,19,21,22). The molecule has 0 radical (unpaired) electrons. The number of fused-ring (bicyclic) bond motifs is 2. The topological polar surface area (TPSA) is 106 Å². The third-order valence-electron chi connectivity index (χ3n) is 3.94. The quantitative estimate of drug-likeness (QED) is 0.592. The van der Waals surface area contributed by atoms with Crippen LogP contribution in [0.15, 0.2) is 47.5 Å². The smallest absolute Gasteiger partial charge is 0.269 e. The van der Waals surface area contributed by atoms with Crippen LogP contribution in [0.3, 0.4) is 0 Å². The van der Waals surface area contributed by atoms with E-state index >= 15 is 0 Å². The molecular weight excluding hydrogens is 320 g/mol. The van der Waals surface area contributed by atoms with Gasteiger partial charge in [-0.25, -0.2) is 9.97 Å². The first kappa shape index (κ1) is 15.0. The molecule has 3 heterocycles. The molecule has 0 spiro atoms. The van der Waals surface area contributed by atoms with E-state index in [1.54, 1.807) is 24.3 Å². The summed E-state index contributed by atoms with van der Waals surface area (Å²) >= 11 is 0. The Hall–Kier alpha value is -3.55. The van der Waals surface area contributed by atoms with Crippen molar-refractivity contribution in [2.45, 2.75) is 13.5 Å². The van der Waals surface area contributed by atoms with Crippen molar-refractivity contribution in [1.29, 1.82) is 0 Å². The number of para-hydroxylation sites is 2. The second-order valence-electron chi connectivity index (χ2n) is 5.66. The van der Waals surface area contributed by atoms with Crippen LogP contribution in [0.1, 0.15) is 5.69 Å². The average molecular weight is 334 g/mol. The third kappa shape index (κ3) is 2.74. The van der Waals surface area contributed by atoms with Gasteiger partial charge in [0.25, 0.3) is 5.56 Å². The number of carbonyl (C=O) groups excluding carboxylic acids is 1. The second-order valence-corrected chi connectivity index (χ2v) is 5.66. The lowest BCUT2D eigenvalue weighted by Gasteiger charge is -2.10. The maximum Gasteiger partial charge on any atom is 0.269 e. The van der Waals surface area contributed by atoms with E-state index in [0.29, 0.717) is 22.4 Å². The molecule has 0 aliphatic heterocycles. The van der Waals surface area contributed by atoms with Gasteiger partial charge in [0.1, 0.15) is 6.54 Å². The molecule has 25 heavy (non-hydrogen) atoms.